The van der Waals surface area contributed by atoms with Crippen molar-refractivity contribution in [2.45, 2.75) is 51.0 Å². The van der Waals surface area contributed by atoms with Gasteiger partial charge in [-0.3, -0.25) is 9.69 Å². The van der Waals surface area contributed by atoms with Gasteiger partial charge in [0.25, 0.3) is 0 Å². The molecule has 4 saturated carbocycles. The van der Waals surface area contributed by atoms with Crippen LogP contribution in [0.25, 0.3) is 0 Å². The van der Waals surface area contributed by atoms with Crippen LogP contribution in [0.4, 0.5) is 4.39 Å². The van der Waals surface area contributed by atoms with Crippen LogP contribution in [0.3, 0.4) is 0 Å². The molecule has 1 aliphatic heterocycles. The van der Waals surface area contributed by atoms with Gasteiger partial charge >= 0.3 is 0 Å². The summed E-state index contributed by atoms with van der Waals surface area (Å²) >= 11 is 0. The van der Waals surface area contributed by atoms with E-state index in [-0.39, 0.29) is 35.6 Å². The Kier molecular flexibility index (Phi) is 6.71. The average molecular weight is 437 g/mol. The lowest BCUT2D eigenvalue weighted by Crippen LogP contribution is -2.49. The molecule has 0 spiro atoms. The van der Waals surface area contributed by atoms with Crippen LogP contribution in [0.1, 0.15) is 56.6 Å². The summed E-state index contributed by atoms with van der Waals surface area (Å²) in [6.45, 7) is 3.68. The van der Waals surface area contributed by atoms with Gasteiger partial charge in [0.1, 0.15) is 5.82 Å². The summed E-state index contributed by atoms with van der Waals surface area (Å²) < 4.78 is 18.9. The molecule has 4 aliphatic carbocycles. The molecule has 0 aromatic heterocycles. The van der Waals surface area contributed by atoms with E-state index in [4.69, 9.17) is 4.74 Å². The third-order valence-electron chi connectivity index (χ3n) is 7.93. The zero-order chi connectivity index (χ0) is 19.8. The molecule has 166 valence electrons. The second-order valence-corrected chi connectivity index (χ2v) is 10.1. The Morgan fingerprint density at radius 3 is 2.20 bits per heavy atom. The van der Waals surface area contributed by atoms with Crippen LogP contribution in [0.5, 0.6) is 0 Å². The highest BCUT2D eigenvalue weighted by Gasteiger charge is 2.51. The standard InChI is InChI=1S/C24H33FN2O2.ClH/c25-21-3-1-20(2-4-21)22(27-5-7-29-8-6-27)16-26-23(28)15-24-12-17-9-18(13-24)11-19(10-17)14-24;/h1-4,17-19,22H,5-16H2,(H,26,28);1H. The van der Waals surface area contributed by atoms with Gasteiger partial charge in [0.05, 0.1) is 19.3 Å². The number of benzene rings is 1. The molecule has 1 unspecified atom stereocenters. The van der Waals surface area contributed by atoms with Crippen molar-refractivity contribution in [1.82, 2.24) is 10.2 Å². The van der Waals surface area contributed by atoms with Crippen molar-refractivity contribution in [1.29, 1.82) is 0 Å². The second kappa shape index (κ2) is 9.13. The molecular formula is C24H34ClFN2O2. The van der Waals surface area contributed by atoms with Crippen molar-refractivity contribution in [3.8, 4) is 0 Å². The van der Waals surface area contributed by atoms with E-state index in [1.165, 1.54) is 50.7 Å². The summed E-state index contributed by atoms with van der Waals surface area (Å²) in [7, 11) is 0. The normalized spacial score (nSPS) is 33.7. The van der Waals surface area contributed by atoms with Gasteiger partial charge in [-0.25, -0.2) is 4.39 Å². The number of rotatable bonds is 6. The topological polar surface area (TPSA) is 41.6 Å². The van der Waals surface area contributed by atoms with Gasteiger partial charge in [-0.05, 0) is 79.4 Å². The fraction of sp³-hybridized carbons (Fsp3) is 0.708. The zero-order valence-corrected chi connectivity index (χ0v) is 18.5. The summed E-state index contributed by atoms with van der Waals surface area (Å²) in [6.07, 6.45) is 8.70. The predicted molar refractivity (Wildman–Crippen MR) is 117 cm³/mol. The Labute approximate surface area is 185 Å². The summed E-state index contributed by atoms with van der Waals surface area (Å²) in [5, 5.41) is 3.25. The lowest BCUT2D eigenvalue weighted by Gasteiger charge is -2.56. The first-order valence-corrected chi connectivity index (χ1v) is 11.4. The number of carbonyl (C=O) groups excluding carboxylic acids is 1. The molecule has 1 aromatic carbocycles. The Morgan fingerprint density at radius 2 is 1.63 bits per heavy atom. The highest BCUT2D eigenvalue weighted by atomic mass is 35.5. The van der Waals surface area contributed by atoms with E-state index in [1.807, 2.05) is 12.1 Å². The Bertz CT molecular complexity index is 700. The highest BCUT2D eigenvalue weighted by Crippen LogP contribution is 2.61. The Hall–Kier alpha value is -1.17. The number of hydrogen-bond donors (Lipinski definition) is 1. The van der Waals surface area contributed by atoms with E-state index >= 15 is 0 Å². The summed E-state index contributed by atoms with van der Waals surface area (Å²) in [5.74, 6) is 2.59. The first-order chi connectivity index (χ1) is 14.1. The van der Waals surface area contributed by atoms with E-state index in [0.29, 0.717) is 26.2 Å². The predicted octanol–water partition coefficient (Wildman–Crippen LogP) is 4.34. The number of nitrogens with zero attached hydrogens (tertiary/aromatic N) is 1. The van der Waals surface area contributed by atoms with E-state index in [1.54, 1.807) is 0 Å². The molecule has 4 bridgehead atoms. The van der Waals surface area contributed by atoms with Crippen molar-refractivity contribution >= 4 is 18.3 Å². The smallest absolute Gasteiger partial charge is 0.220 e. The largest absolute Gasteiger partial charge is 0.379 e. The van der Waals surface area contributed by atoms with Crippen molar-refractivity contribution in [2.75, 3.05) is 32.8 Å². The molecule has 1 aromatic rings. The van der Waals surface area contributed by atoms with Gasteiger partial charge in [-0.15, -0.1) is 12.4 Å². The molecule has 1 N–H and O–H groups in total. The lowest BCUT2D eigenvalue weighted by atomic mass is 9.49. The fourth-order valence-corrected chi connectivity index (χ4v) is 7.15. The van der Waals surface area contributed by atoms with Crippen LogP contribution < -0.4 is 5.32 Å². The summed E-state index contributed by atoms with van der Waals surface area (Å²) in [4.78, 5) is 15.3. The van der Waals surface area contributed by atoms with Crippen LogP contribution in [-0.4, -0.2) is 43.7 Å². The molecule has 6 rings (SSSR count). The SMILES string of the molecule is Cl.O=C(CC12CC3CC(CC(C3)C1)C2)NCC(c1ccc(F)cc1)N1CCOCC1. The molecule has 5 aliphatic rings. The monoisotopic (exact) mass is 436 g/mol. The van der Waals surface area contributed by atoms with Gasteiger partial charge < -0.3 is 10.1 Å². The van der Waals surface area contributed by atoms with Crippen LogP contribution in [0, 0.1) is 29.0 Å². The summed E-state index contributed by atoms with van der Waals surface area (Å²) in [6, 6.07) is 6.79. The van der Waals surface area contributed by atoms with Gasteiger partial charge in [-0.1, -0.05) is 12.1 Å². The van der Waals surface area contributed by atoms with Gasteiger partial charge in [0.2, 0.25) is 5.91 Å². The van der Waals surface area contributed by atoms with Crippen LogP contribution in [0.2, 0.25) is 0 Å². The molecule has 1 saturated heterocycles. The van der Waals surface area contributed by atoms with Gasteiger partial charge in [0.15, 0.2) is 0 Å². The third kappa shape index (κ3) is 4.68. The van der Waals surface area contributed by atoms with Crippen molar-refractivity contribution in [3.05, 3.63) is 35.6 Å². The van der Waals surface area contributed by atoms with Gasteiger partial charge in [0, 0.05) is 26.1 Å². The maximum atomic E-state index is 13.4. The first-order valence-electron chi connectivity index (χ1n) is 11.4. The molecule has 4 nitrogen and oxygen atoms in total. The van der Waals surface area contributed by atoms with Crippen LogP contribution in [0.15, 0.2) is 24.3 Å². The molecule has 5 fully saturated rings. The van der Waals surface area contributed by atoms with Crippen molar-refractivity contribution < 1.29 is 13.9 Å². The third-order valence-corrected chi connectivity index (χ3v) is 7.93. The minimum Gasteiger partial charge on any atom is -0.379 e. The minimum absolute atomic E-state index is 0. The number of morpholine rings is 1. The number of amides is 1. The fourth-order valence-electron chi connectivity index (χ4n) is 7.15. The summed E-state index contributed by atoms with van der Waals surface area (Å²) in [5.41, 5.74) is 1.33. The number of halogens is 2. The molecule has 6 heteroatoms. The lowest BCUT2D eigenvalue weighted by molar-refractivity contribution is -0.129. The molecule has 1 atom stereocenters. The number of carbonyl (C=O) groups is 1. The Balaban J connectivity index is 0.00000218. The average Bonchev–Trinajstić information content (AvgIpc) is 2.69. The number of nitrogens with one attached hydrogen (secondary N) is 1. The van der Waals surface area contributed by atoms with E-state index in [0.717, 1.165) is 36.4 Å². The van der Waals surface area contributed by atoms with Crippen molar-refractivity contribution in [2.24, 2.45) is 23.2 Å². The molecule has 1 amide bonds. The second-order valence-electron chi connectivity index (χ2n) is 10.1. The molecular weight excluding hydrogens is 403 g/mol. The van der Waals surface area contributed by atoms with E-state index in [9.17, 15) is 9.18 Å². The molecule has 1 heterocycles. The molecule has 30 heavy (non-hydrogen) atoms. The number of hydrogen-bond acceptors (Lipinski definition) is 3. The van der Waals surface area contributed by atoms with Crippen molar-refractivity contribution in [3.63, 3.8) is 0 Å². The maximum absolute atomic E-state index is 13.4. The minimum atomic E-state index is -0.222. The van der Waals surface area contributed by atoms with E-state index in [2.05, 4.69) is 10.2 Å². The van der Waals surface area contributed by atoms with Crippen LogP contribution >= 0.6 is 12.4 Å². The molecule has 0 radical (unpaired) electrons. The van der Waals surface area contributed by atoms with Crippen LogP contribution in [-0.2, 0) is 9.53 Å². The van der Waals surface area contributed by atoms with Gasteiger partial charge in [-0.2, -0.15) is 0 Å². The van der Waals surface area contributed by atoms with E-state index < -0.39 is 0 Å². The number of ether oxygens (including phenoxy) is 1. The maximum Gasteiger partial charge on any atom is 0.220 e. The zero-order valence-electron chi connectivity index (χ0n) is 17.7. The first kappa shape index (κ1) is 22.0. The highest BCUT2D eigenvalue weighted by molar-refractivity contribution is 5.85. The quantitative estimate of drug-likeness (QED) is 0.721. The Morgan fingerprint density at radius 1 is 1.07 bits per heavy atom.